The summed E-state index contributed by atoms with van der Waals surface area (Å²) in [6.45, 7) is 6.18. The Morgan fingerprint density at radius 2 is 1.76 bits per heavy atom. The van der Waals surface area contributed by atoms with Crippen LogP contribution in [-0.2, 0) is 14.5 Å². The van der Waals surface area contributed by atoms with Crippen LogP contribution in [0, 0.1) is 0 Å². The van der Waals surface area contributed by atoms with Crippen LogP contribution in [0.15, 0.2) is 48.5 Å². The van der Waals surface area contributed by atoms with Gasteiger partial charge in [-0.15, -0.1) is 11.8 Å². The fourth-order valence-corrected chi connectivity index (χ4v) is 6.18. The molecule has 2 aromatic rings. The van der Waals surface area contributed by atoms with Gasteiger partial charge in [-0.25, -0.2) is 0 Å². The summed E-state index contributed by atoms with van der Waals surface area (Å²) in [5.41, 5.74) is 4.27. The fraction of sp³-hybridized carbons (Fsp3) is 0.304. The Balaban J connectivity index is 1.76. The van der Waals surface area contributed by atoms with Crippen molar-refractivity contribution in [3.05, 3.63) is 59.7 Å². The summed E-state index contributed by atoms with van der Waals surface area (Å²) in [7, 11) is 1.61. The van der Waals surface area contributed by atoms with Crippen molar-refractivity contribution in [1.29, 1.82) is 0 Å². The Hall–Kier alpha value is -2.73. The summed E-state index contributed by atoms with van der Waals surface area (Å²) in [5, 5.41) is 0. The molecule has 0 saturated carbocycles. The molecule has 3 aliphatic heterocycles. The Morgan fingerprint density at radius 1 is 1.03 bits per heavy atom. The van der Waals surface area contributed by atoms with Gasteiger partial charge in [0.15, 0.2) is 0 Å². The van der Waals surface area contributed by atoms with Crippen LogP contribution in [0.4, 0.5) is 11.4 Å². The summed E-state index contributed by atoms with van der Waals surface area (Å²) in [6.07, 6.45) is 2.13. The van der Waals surface area contributed by atoms with Crippen LogP contribution in [0.5, 0.6) is 5.75 Å². The maximum absolute atomic E-state index is 14.0. The number of amides is 2. The molecule has 2 amide bonds. The van der Waals surface area contributed by atoms with E-state index in [1.54, 1.807) is 12.0 Å². The Labute approximate surface area is 174 Å². The summed E-state index contributed by atoms with van der Waals surface area (Å²) < 4.78 is 5.26. The van der Waals surface area contributed by atoms with Gasteiger partial charge in [-0.05, 0) is 50.6 Å². The van der Waals surface area contributed by atoms with Gasteiger partial charge in [-0.1, -0.05) is 24.3 Å². The molecule has 5 rings (SSSR count). The molecule has 0 aliphatic carbocycles. The monoisotopic (exact) mass is 406 g/mol. The van der Waals surface area contributed by atoms with Crippen LogP contribution in [-0.4, -0.2) is 30.2 Å². The zero-order valence-electron chi connectivity index (χ0n) is 16.9. The third-order valence-electron chi connectivity index (χ3n) is 5.99. The average molecular weight is 407 g/mol. The maximum atomic E-state index is 14.0. The molecule has 0 unspecified atom stereocenters. The van der Waals surface area contributed by atoms with Crippen LogP contribution in [0.1, 0.15) is 31.9 Å². The molecular formula is C23H22N2O3S. The molecular weight excluding hydrogens is 384 g/mol. The van der Waals surface area contributed by atoms with Crippen molar-refractivity contribution in [1.82, 2.24) is 0 Å². The van der Waals surface area contributed by atoms with E-state index in [2.05, 4.69) is 19.1 Å². The van der Waals surface area contributed by atoms with Crippen LogP contribution in [0.2, 0.25) is 0 Å². The molecule has 1 spiro atoms. The second-order valence-corrected chi connectivity index (χ2v) is 9.35. The SMILES string of the molecule is COc1ccc(N2C(=O)CS[C@@]23C(=O)N2c4c(cccc43)C(C)=CC2(C)C)cc1. The molecule has 2 aromatic carbocycles. The fourth-order valence-electron chi connectivity index (χ4n) is 4.85. The minimum Gasteiger partial charge on any atom is -0.497 e. The van der Waals surface area contributed by atoms with Gasteiger partial charge in [-0.2, -0.15) is 0 Å². The predicted molar refractivity (Wildman–Crippen MR) is 116 cm³/mol. The van der Waals surface area contributed by atoms with Gasteiger partial charge in [0, 0.05) is 16.8 Å². The van der Waals surface area contributed by atoms with E-state index in [4.69, 9.17) is 4.74 Å². The summed E-state index contributed by atoms with van der Waals surface area (Å²) in [5.74, 6) is 0.860. The Morgan fingerprint density at radius 3 is 2.45 bits per heavy atom. The molecule has 1 fully saturated rings. The van der Waals surface area contributed by atoms with Gasteiger partial charge in [0.1, 0.15) is 5.75 Å². The predicted octanol–water partition coefficient (Wildman–Crippen LogP) is 4.17. The lowest BCUT2D eigenvalue weighted by Crippen LogP contribution is -2.54. The normalized spacial score (nSPS) is 24.2. The van der Waals surface area contributed by atoms with Crippen molar-refractivity contribution in [3.8, 4) is 5.75 Å². The van der Waals surface area contributed by atoms with E-state index in [9.17, 15) is 9.59 Å². The number of carbonyl (C=O) groups excluding carboxylic acids is 2. The number of hydrogen-bond donors (Lipinski definition) is 0. The molecule has 5 nitrogen and oxygen atoms in total. The lowest BCUT2D eigenvalue weighted by Gasteiger charge is -2.40. The number of benzene rings is 2. The first-order valence-corrected chi connectivity index (χ1v) is 10.6. The highest BCUT2D eigenvalue weighted by molar-refractivity contribution is 8.02. The number of nitrogens with zero attached hydrogens (tertiary/aromatic N) is 2. The number of allylic oxidation sites excluding steroid dienone is 1. The van der Waals surface area contributed by atoms with E-state index in [0.717, 1.165) is 22.4 Å². The summed E-state index contributed by atoms with van der Waals surface area (Å²) >= 11 is 1.41. The zero-order valence-corrected chi connectivity index (χ0v) is 17.7. The van der Waals surface area contributed by atoms with E-state index in [1.165, 1.54) is 11.8 Å². The minimum absolute atomic E-state index is 0.0552. The van der Waals surface area contributed by atoms with Crippen molar-refractivity contribution in [2.24, 2.45) is 0 Å². The second-order valence-electron chi connectivity index (χ2n) is 8.18. The van der Waals surface area contributed by atoms with Gasteiger partial charge in [-0.3, -0.25) is 19.4 Å². The number of fused-ring (bicyclic) bond motifs is 1. The molecule has 0 N–H and O–H groups in total. The van der Waals surface area contributed by atoms with Gasteiger partial charge in [0.05, 0.1) is 24.1 Å². The largest absolute Gasteiger partial charge is 0.497 e. The molecule has 3 aliphatic rings. The van der Waals surface area contributed by atoms with Crippen molar-refractivity contribution < 1.29 is 14.3 Å². The molecule has 3 heterocycles. The number of carbonyl (C=O) groups is 2. The van der Waals surface area contributed by atoms with Gasteiger partial charge in [0.2, 0.25) is 10.8 Å². The third-order valence-corrected chi connectivity index (χ3v) is 7.37. The maximum Gasteiger partial charge on any atom is 0.269 e. The molecule has 0 aromatic heterocycles. The molecule has 1 saturated heterocycles. The summed E-state index contributed by atoms with van der Waals surface area (Å²) in [6, 6.07) is 13.4. The average Bonchev–Trinajstić information content (AvgIpc) is 3.17. The standard InChI is InChI=1S/C23H22N2O3S/c1-14-12-22(2,3)25-20-17(14)6-5-7-18(20)23(21(25)27)24(19(26)13-29-23)15-8-10-16(28-4)11-9-15/h5-12H,13H2,1-4H3/t23-/m0/s1. The van der Waals surface area contributed by atoms with E-state index in [0.29, 0.717) is 11.4 Å². The molecule has 0 bridgehead atoms. The van der Waals surface area contributed by atoms with Crippen molar-refractivity contribution in [2.75, 3.05) is 22.7 Å². The van der Waals surface area contributed by atoms with E-state index in [1.807, 2.05) is 55.1 Å². The van der Waals surface area contributed by atoms with Crippen molar-refractivity contribution in [3.63, 3.8) is 0 Å². The topological polar surface area (TPSA) is 49.9 Å². The number of anilines is 2. The number of rotatable bonds is 2. The number of thioether (sulfide) groups is 1. The van der Waals surface area contributed by atoms with E-state index >= 15 is 0 Å². The van der Waals surface area contributed by atoms with Crippen LogP contribution < -0.4 is 14.5 Å². The van der Waals surface area contributed by atoms with Crippen molar-refractivity contribution in [2.45, 2.75) is 31.2 Å². The number of ether oxygens (including phenoxy) is 1. The van der Waals surface area contributed by atoms with E-state index in [-0.39, 0.29) is 17.6 Å². The van der Waals surface area contributed by atoms with Crippen LogP contribution in [0.25, 0.3) is 5.57 Å². The minimum atomic E-state index is -1.08. The molecule has 148 valence electrons. The number of hydrogen-bond acceptors (Lipinski definition) is 4. The Kier molecular flexibility index (Phi) is 3.72. The second kappa shape index (κ2) is 5.89. The third kappa shape index (κ3) is 2.23. The smallest absolute Gasteiger partial charge is 0.269 e. The first-order chi connectivity index (χ1) is 13.8. The van der Waals surface area contributed by atoms with Gasteiger partial charge in [0.25, 0.3) is 5.91 Å². The molecule has 1 atom stereocenters. The highest BCUT2D eigenvalue weighted by Gasteiger charge is 2.63. The first kappa shape index (κ1) is 18.3. The quantitative estimate of drug-likeness (QED) is 0.751. The van der Waals surface area contributed by atoms with Crippen LogP contribution >= 0.6 is 11.8 Å². The molecule has 0 radical (unpaired) electrons. The summed E-state index contributed by atoms with van der Waals surface area (Å²) in [4.78, 5) is 29.6. The first-order valence-electron chi connectivity index (χ1n) is 9.60. The van der Waals surface area contributed by atoms with Crippen LogP contribution in [0.3, 0.4) is 0 Å². The Bertz CT molecular complexity index is 1090. The molecule has 29 heavy (non-hydrogen) atoms. The highest BCUT2D eigenvalue weighted by atomic mass is 32.2. The van der Waals surface area contributed by atoms with Gasteiger partial charge < -0.3 is 4.74 Å². The lowest BCUT2D eigenvalue weighted by molar-refractivity contribution is -0.124. The number of para-hydroxylation sites is 1. The van der Waals surface area contributed by atoms with E-state index < -0.39 is 10.4 Å². The lowest BCUT2D eigenvalue weighted by atomic mass is 9.89. The molecule has 6 heteroatoms. The highest BCUT2D eigenvalue weighted by Crippen LogP contribution is 2.59. The van der Waals surface area contributed by atoms with Crippen molar-refractivity contribution >= 4 is 40.5 Å². The van der Waals surface area contributed by atoms with Gasteiger partial charge >= 0.3 is 0 Å². The zero-order chi connectivity index (χ0) is 20.6. The number of methoxy groups -OCH3 is 1.